The van der Waals surface area contributed by atoms with E-state index in [0.717, 1.165) is 37.8 Å². The topological polar surface area (TPSA) is 25.2 Å². The highest BCUT2D eigenvalue weighted by atomic mass is 79.9. The van der Waals surface area contributed by atoms with Crippen LogP contribution in [0.1, 0.15) is 0 Å². The van der Waals surface area contributed by atoms with Crippen molar-refractivity contribution in [3.05, 3.63) is 70.2 Å². The maximum absolute atomic E-state index is 5.97. The highest BCUT2D eigenvalue weighted by Gasteiger charge is 2.08. The summed E-state index contributed by atoms with van der Waals surface area (Å²) in [4.78, 5) is 0. The highest BCUT2D eigenvalue weighted by Crippen LogP contribution is 2.33. The predicted octanol–water partition coefficient (Wildman–Crippen LogP) is 6.75. The number of para-hydroxylation sites is 1. The van der Waals surface area contributed by atoms with E-state index < -0.39 is 0 Å². The van der Waals surface area contributed by atoms with Gasteiger partial charge >= 0.3 is 0 Å². The molecule has 1 N–H and O–H groups in total. The van der Waals surface area contributed by atoms with Gasteiger partial charge in [0.1, 0.15) is 11.2 Å². The Morgan fingerprint density at radius 1 is 0.864 bits per heavy atom. The zero-order valence-corrected chi connectivity index (χ0v) is 13.8. The van der Waals surface area contributed by atoms with Gasteiger partial charge in [-0.05, 0) is 52.3 Å². The third-order valence-corrected chi connectivity index (χ3v) is 4.48. The standard InChI is InChI=1S/C18H11BrClNO/c19-15-9-11(20)5-8-16(15)21-12-6-7-14-13-3-1-2-4-17(13)22-18(14)10-12/h1-10,21H. The van der Waals surface area contributed by atoms with Crippen molar-refractivity contribution in [1.29, 1.82) is 0 Å². The van der Waals surface area contributed by atoms with Gasteiger partial charge in [-0.3, -0.25) is 0 Å². The molecule has 0 radical (unpaired) electrons. The van der Waals surface area contributed by atoms with Gasteiger partial charge in [0.05, 0.1) is 5.69 Å². The van der Waals surface area contributed by atoms with Gasteiger partial charge in [0.25, 0.3) is 0 Å². The summed E-state index contributed by atoms with van der Waals surface area (Å²) in [6, 6.07) is 19.9. The Hall–Kier alpha value is -1.97. The van der Waals surface area contributed by atoms with Gasteiger partial charge in [0.2, 0.25) is 0 Å². The monoisotopic (exact) mass is 371 g/mol. The minimum absolute atomic E-state index is 0.699. The molecule has 4 heteroatoms. The molecule has 2 nitrogen and oxygen atoms in total. The van der Waals surface area contributed by atoms with E-state index in [-0.39, 0.29) is 0 Å². The SMILES string of the molecule is Clc1ccc(Nc2ccc3c(c2)oc2ccccc23)c(Br)c1. The molecule has 0 atom stereocenters. The van der Waals surface area contributed by atoms with Gasteiger partial charge in [-0.2, -0.15) is 0 Å². The van der Waals surface area contributed by atoms with E-state index in [0.29, 0.717) is 5.02 Å². The second-order valence-corrected chi connectivity index (χ2v) is 6.35. The Kier molecular flexibility index (Phi) is 3.32. The lowest BCUT2D eigenvalue weighted by Crippen LogP contribution is -1.90. The Bertz CT molecular complexity index is 993. The third-order valence-electron chi connectivity index (χ3n) is 3.59. The molecule has 1 aromatic heterocycles. The summed E-state index contributed by atoms with van der Waals surface area (Å²) in [5, 5.41) is 6.33. The fourth-order valence-corrected chi connectivity index (χ4v) is 3.33. The lowest BCUT2D eigenvalue weighted by atomic mass is 10.1. The summed E-state index contributed by atoms with van der Waals surface area (Å²) in [6.07, 6.45) is 0. The van der Waals surface area contributed by atoms with Gasteiger partial charge < -0.3 is 9.73 Å². The van der Waals surface area contributed by atoms with Crippen molar-refractivity contribution in [1.82, 2.24) is 0 Å². The fourth-order valence-electron chi connectivity index (χ4n) is 2.55. The van der Waals surface area contributed by atoms with Crippen molar-refractivity contribution in [3.8, 4) is 0 Å². The van der Waals surface area contributed by atoms with E-state index in [2.05, 4.69) is 33.4 Å². The maximum atomic E-state index is 5.97. The molecule has 0 amide bonds. The van der Waals surface area contributed by atoms with Crippen LogP contribution in [0.3, 0.4) is 0 Å². The van der Waals surface area contributed by atoms with Crippen molar-refractivity contribution in [2.45, 2.75) is 0 Å². The largest absolute Gasteiger partial charge is 0.456 e. The molecule has 0 unspecified atom stereocenters. The quantitative estimate of drug-likeness (QED) is 0.421. The van der Waals surface area contributed by atoms with Gasteiger partial charge in [-0.1, -0.05) is 29.8 Å². The molecule has 1 heterocycles. The number of fused-ring (bicyclic) bond motifs is 3. The molecule has 0 fully saturated rings. The smallest absolute Gasteiger partial charge is 0.137 e. The van der Waals surface area contributed by atoms with Gasteiger partial charge in [0, 0.05) is 32.0 Å². The highest BCUT2D eigenvalue weighted by molar-refractivity contribution is 9.10. The molecule has 22 heavy (non-hydrogen) atoms. The van der Waals surface area contributed by atoms with Crippen LogP contribution in [0.4, 0.5) is 11.4 Å². The number of nitrogens with one attached hydrogen (secondary N) is 1. The van der Waals surface area contributed by atoms with E-state index in [1.54, 1.807) is 0 Å². The van der Waals surface area contributed by atoms with Crippen molar-refractivity contribution in [2.24, 2.45) is 0 Å². The first-order chi connectivity index (χ1) is 10.7. The number of anilines is 2. The molecule has 0 aliphatic rings. The molecule has 0 aliphatic carbocycles. The Balaban J connectivity index is 1.77. The number of benzene rings is 3. The summed E-state index contributed by atoms with van der Waals surface area (Å²) in [6.45, 7) is 0. The summed E-state index contributed by atoms with van der Waals surface area (Å²) in [7, 11) is 0. The third kappa shape index (κ3) is 2.36. The molecule has 4 rings (SSSR count). The average molecular weight is 373 g/mol. The zero-order valence-electron chi connectivity index (χ0n) is 11.4. The first kappa shape index (κ1) is 13.7. The molecule has 0 saturated carbocycles. The van der Waals surface area contributed by atoms with Crippen LogP contribution in [-0.2, 0) is 0 Å². The molecule has 0 bridgehead atoms. The number of rotatable bonds is 2. The lowest BCUT2D eigenvalue weighted by Gasteiger charge is -2.08. The van der Waals surface area contributed by atoms with E-state index in [1.807, 2.05) is 48.5 Å². The second-order valence-electron chi connectivity index (χ2n) is 5.06. The zero-order chi connectivity index (χ0) is 15.1. The van der Waals surface area contributed by atoms with Crippen LogP contribution in [0, 0.1) is 0 Å². The number of furan rings is 1. The van der Waals surface area contributed by atoms with Crippen LogP contribution in [-0.4, -0.2) is 0 Å². The normalized spacial score (nSPS) is 11.2. The van der Waals surface area contributed by atoms with Gasteiger partial charge in [0.15, 0.2) is 0 Å². The van der Waals surface area contributed by atoms with Crippen LogP contribution in [0.25, 0.3) is 21.9 Å². The Morgan fingerprint density at radius 3 is 2.55 bits per heavy atom. The van der Waals surface area contributed by atoms with Crippen molar-refractivity contribution in [2.75, 3.05) is 5.32 Å². The molecule has 108 valence electrons. The second kappa shape index (κ2) is 5.34. The van der Waals surface area contributed by atoms with Crippen LogP contribution in [0.5, 0.6) is 0 Å². The predicted molar refractivity (Wildman–Crippen MR) is 96.2 cm³/mol. The molecular weight excluding hydrogens is 362 g/mol. The van der Waals surface area contributed by atoms with E-state index in [9.17, 15) is 0 Å². The molecule has 0 spiro atoms. The minimum Gasteiger partial charge on any atom is -0.456 e. The van der Waals surface area contributed by atoms with Crippen LogP contribution in [0.2, 0.25) is 5.02 Å². The van der Waals surface area contributed by atoms with Crippen molar-refractivity contribution >= 4 is 60.8 Å². The van der Waals surface area contributed by atoms with E-state index in [1.165, 1.54) is 0 Å². The summed E-state index contributed by atoms with van der Waals surface area (Å²) in [5.41, 5.74) is 3.70. The molecule has 0 aliphatic heterocycles. The van der Waals surface area contributed by atoms with Gasteiger partial charge in [-0.15, -0.1) is 0 Å². The molecule has 0 saturated heterocycles. The van der Waals surface area contributed by atoms with E-state index in [4.69, 9.17) is 16.0 Å². The summed E-state index contributed by atoms with van der Waals surface area (Å²) in [5.74, 6) is 0. The number of hydrogen-bond donors (Lipinski definition) is 1. The average Bonchev–Trinajstić information content (AvgIpc) is 2.88. The first-order valence-electron chi connectivity index (χ1n) is 6.84. The molecule has 3 aromatic carbocycles. The summed E-state index contributed by atoms with van der Waals surface area (Å²) < 4.78 is 6.83. The van der Waals surface area contributed by atoms with Crippen LogP contribution < -0.4 is 5.32 Å². The molecular formula is C18H11BrClNO. The van der Waals surface area contributed by atoms with Crippen molar-refractivity contribution < 1.29 is 4.42 Å². The Labute approximate surface area is 140 Å². The van der Waals surface area contributed by atoms with Crippen molar-refractivity contribution in [3.63, 3.8) is 0 Å². The molecule has 4 aromatic rings. The Morgan fingerprint density at radius 2 is 1.68 bits per heavy atom. The fraction of sp³-hybridized carbons (Fsp3) is 0. The van der Waals surface area contributed by atoms with E-state index >= 15 is 0 Å². The number of hydrogen-bond acceptors (Lipinski definition) is 2. The van der Waals surface area contributed by atoms with Crippen LogP contribution in [0.15, 0.2) is 69.6 Å². The minimum atomic E-state index is 0.699. The van der Waals surface area contributed by atoms with Gasteiger partial charge in [-0.25, -0.2) is 0 Å². The summed E-state index contributed by atoms with van der Waals surface area (Å²) >= 11 is 9.48. The number of halogens is 2. The lowest BCUT2D eigenvalue weighted by molar-refractivity contribution is 0.669. The maximum Gasteiger partial charge on any atom is 0.137 e. The van der Waals surface area contributed by atoms with Crippen LogP contribution >= 0.6 is 27.5 Å². The first-order valence-corrected chi connectivity index (χ1v) is 8.01.